The van der Waals surface area contributed by atoms with Gasteiger partial charge in [0.25, 0.3) is 5.91 Å². The van der Waals surface area contributed by atoms with Gasteiger partial charge in [0, 0.05) is 44.4 Å². The molecular formula is C26H30N6O3. The van der Waals surface area contributed by atoms with Gasteiger partial charge in [-0.15, -0.1) is 0 Å². The molecule has 1 N–H and O–H groups in total. The summed E-state index contributed by atoms with van der Waals surface area (Å²) >= 11 is 0. The Kier molecular flexibility index (Phi) is 6.89. The van der Waals surface area contributed by atoms with Crippen LogP contribution in [0, 0.1) is 0 Å². The van der Waals surface area contributed by atoms with E-state index in [9.17, 15) is 4.79 Å². The molecule has 0 unspecified atom stereocenters. The van der Waals surface area contributed by atoms with E-state index in [1.165, 1.54) is 0 Å². The first-order valence-electron chi connectivity index (χ1n) is 11.8. The fourth-order valence-electron chi connectivity index (χ4n) is 4.48. The fourth-order valence-corrected chi connectivity index (χ4v) is 4.48. The Bertz CT molecular complexity index is 1170. The smallest absolute Gasteiger partial charge is 0.258 e. The zero-order chi connectivity index (χ0) is 24.2. The van der Waals surface area contributed by atoms with E-state index in [4.69, 9.17) is 9.36 Å². The predicted molar refractivity (Wildman–Crippen MR) is 131 cm³/mol. The summed E-state index contributed by atoms with van der Waals surface area (Å²) in [6.45, 7) is 4.57. The Hall–Kier alpha value is -3.53. The Labute approximate surface area is 204 Å². The molecule has 9 heteroatoms. The minimum absolute atomic E-state index is 0.132. The van der Waals surface area contributed by atoms with Crippen molar-refractivity contribution < 1.29 is 14.2 Å². The number of carbonyl (C=O) groups excluding carboxylic acids is 1. The summed E-state index contributed by atoms with van der Waals surface area (Å²) in [6.07, 6.45) is 2.27. The van der Waals surface area contributed by atoms with Gasteiger partial charge in [0.1, 0.15) is 6.04 Å². The summed E-state index contributed by atoms with van der Waals surface area (Å²) in [4.78, 5) is 29.5. The number of nitrogens with zero attached hydrogens (tertiary/aromatic N) is 5. The second-order valence-electron chi connectivity index (χ2n) is 8.96. The average molecular weight is 475 g/mol. The van der Waals surface area contributed by atoms with Crippen molar-refractivity contribution in [2.24, 2.45) is 0 Å². The van der Waals surface area contributed by atoms with E-state index in [2.05, 4.69) is 44.6 Å². The van der Waals surface area contributed by atoms with Crippen LogP contribution < -0.4 is 5.48 Å². The first kappa shape index (κ1) is 23.2. The first-order valence-corrected chi connectivity index (χ1v) is 11.8. The second-order valence-corrected chi connectivity index (χ2v) is 8.96. The predicted octanol–water partition coefficient (Wildman–Crippen LogP) is 3.06. The van der Waals surface area contributed by atoms with Crippen molar-refractivity contribution in [1.82, 2.24) is 30.3 Å². The molecule has 2 aliphatic heterocycles. The summed E-state index contributed by atoms with van der Waals surface area (Å²) < 4.78 is 5.57. The number of carbonyl (C=O) groups is 1. The third-order valence-electron chi connectivity index (χ3n) is 6.49. The van der Waals surface area contributed by atoms with Gasteiger partial charge < -0.3 is 14.3 Å². The summed E-state index contributed by atoms with van der Waals surface area (Å²) in [7, 11) is 3.67. The lowest BCUT2D eigenvalue weighted by Crippen LogP contribution is -2.43. The number of benzene rings is 2. The average Bonchev–Trinajstić information content (AvgIpc) is 3.53. The number of hydrogen-bond donors (Lipinski definition) is 1. The summed E-state index contributed by atoms with van der Waals surface area (Å²) in [6, 6.07) is 17.4. The van der Waals surface area contributed by atoms with E-state index < -0.39 is 0 Å². The number of likely N-dealkylation sites (N-methyl/N-ethyl adjacent to an activating group) is 1. The SMILES string of the molecule is CONC1=CN(C(=O)c2ccc(-c3ccccc3)cc2)[C@H](c2noc(CN3CCN(C)CC3)n2)C1. The molecule has 1 saturated heterocycles. The van der Waals surface area contributed by atoms with Crippen molar-refractivity contribution in [2.45, 2.75) is 19.0 Å². The quantitative estimate of drug-likeness (QED) is 0.523. The van der Waals surface area contributed by atoms with Crippen LogP contribution in [0.25, 0.3) is 11.1 Å². The van der Waals surface area contributed by atoms with Crippen LogP contribution in [-0.4, -0.2) is 71.1 Å². The Balaban J connectivity index is 1.33. The summed E-state index contributed by atoms with van der Waals surface area (Å²) in [5.74, 6) is 0.929. The normalized spacial score (nSPS) is 19.1. The topological polar surface area (TPSA) is 87.0 Å². The molecule has 9 nitrogen and oxygen atoms in total. The van der Waals surface area contributed by atoms with Crippen molar-refractivity contribution in [3.05, 3.63) is 83.8 Å². The zero-order valence-corrected chi connectivity index (χ0v) is 20.1. The lowest BCUT2D eigenvalue weighted by atomic mass is 10.0. The summed E-state index contributed by atoms with van der Waals surface area (Å²) in [5, 5.41) is 4.23. The van der Waals surface area contributed by atoms with Gasteiger partial charge in [0.15, 0.2) is 5.82 Å². The van der Waals surface area contributed by atoms with Crippen LogP contribution >= 0.6 is 0 Å². The number of aromatic nitrogens is 2. The van der Waals surface area contributed by atoms with E-state index in [-0.39, 0.29) is 11.9 Å². The molecule has 1 atom stereocenters. The molecule has 182 valence electrons. The Morgan fingerprint density at radius 2 is 1.77 bits per heavy atom. The fraction of sp³-hybridized carbons (Fsp3) is 0.346. The Morgan fingerprint density at radius 1 is 1.06 bits per heavy atom. The molecule has 1 aromatic heterocycles. The molecule has 0 aliphatic carbocycles. The number of hydrogen-bond acceptors (Lipinski definition) is 8. The molecule has 0 spiro atoms. The minimum atomic E-state index is -0.376. The highest BCUT2D eigenvalue weighted by molar-refractivity contribution is 5.96. The molecule has 2 aliphatic rings. The van der Waals surface area contributed by atoms with Gasteiger partial charge in [-0.2, -0.15) is 4.98 Å². The number of rotatable bonds is 7. The molecule has 1 fully saturated rings. The van der Waals surface area contributed by atoms with Crippen LogP contribution in [0.15, 0.2) is 71.0 Å². The van der Waals surface area contributed by atoms with Gasteiger partial charge in [-0.1, -0.05) is 47.6 Å². The van der Waals surface area contributed by atoms with Gasteiger partial charge in [0.2, 0.25) is 5.89 Å². The molecule has 35 heavy (non-hydrogen) atoms. The van der Waals surface area contributed by atoms with E-state index >= 15 is 0 Å². The van der Waals surface area contributed by atoms with Gasteiger partial charge in [-0.3, -0.25) is 20.0 Å². The maximum Gasteiger partial charge on any atom is 0.258 e. The zero-order valence-electron chi connectivity index (χ0n) is 20.1. The number of nitrogens with one attached hydrogen (secondary N) is 1. The second kappa shape index (κ2) is 10.4. The number of piperazine rings is 1. The third-order valence-corrected chi connectivity index (χ3v) is 6.49. The highest BCUT2D eigenvalue weighted by Gasteiger charge is 2.35. The molecule has 2 aromatic carbocycles. The van der Waals surface area contributed by atoms with E-state index in [0.29, 0.717) is 30.2 Å². The van der Waals surface area contributed by atoms with Crippen molar-refractivity contribution in [3.8, 4) is 11.1 Å². The van der Waals surface area contributed by atoms with Crippen LogP contribution in [0.5, 0.6) is 0 Å². The molecular weight excluding hydrogens is 444 g/mol. The molecule has 3 aromatic rings. The van der Waals surface area contributed by atoms with Crippen LogP contribution in [0.3, 0.4) is 0 Å². The molecule has 0 saturated carbocycles. The highest BCUT2D eigenvalue weighted by Crippen LogP contribution is 2.33. The molecule has 3 heterocycles. The van der Waals surface area contributed by atoms with Gasteiger partial charge >= 0.3 is 0 Å². The van der Waals surface area contributed by atoms with Crippen LogP contribution in [0.1, 0.15) is 34.5 Å². The van der Waals surface area contributed by atoms with E-state index in [0.717, 1.165) is 43.0 Å². The lowest BCUT2D eigenvalue weighted by molar-refractivity contribution is 0.0777. The van der Waals surface area contributed by atoms with Crippen LogP contribution in [0.2, 0.25) is 0 Å². The Morgan fingerprint density at radius 3 is 2.49 bits per heavy atom. The number of amides is 1. The van der Waals surface area contributed by atoms with Crippen molar-refractivity contribution >= 4 is 5.91 Å². The molecule has 0 radical (unpaired) electrons. The summed E-state index contributed by atoms with van der Waals surface area (Å²) in [5.41, 5.74) is 6.39. The van der Waals surface area contributed by atoms with E-state index in [1.807, 2.05) is 42.5 Å². The van der Waals surface area contributed by atoms with Gasteiger partial charge in [-0.05, 0) is 30.3 Å². The van der Waals surface area contributed by atoms with Crippen molar-refractivity contribution in [2.75, 3.05) is 40.3 Å². The van der Waals surface area contributed by atoms with Crippen LogP contribution in [0.4, 0.5) is 0 Å². The highest BCUT2D eigenvalue weighted by atomic mass is 16.6. The van der Waals surface area contributed by atoms with Crippen molar-refractivity contribution in [3.63, 3.8) is 0 Å². The molecule has 0 bridgehead atoms. The van der Waals surface area contributed by atoms with Crippen LogP contribution in [-0.2, 0) is 11.4 Å². The van der Waals surface area contributed by atoms with Gasteiger partial charge in [-0.25, -0.2) is 0 Å². The van der Waals surface area contributed by atoms with E-state index in [1.54, 1.807) is 18.2 Å². The van der Waals surface area contributed by atoms with Gasteiger partial charge in [0.05, 0.1) is 19.4 Å². The number of hydroxylamine groups is 1. The molecule has 1 amide bonds. The lowest BCUT2D eigenvalue weighted by Gasteiger charge is -2.31. The largest absolute Gasteiger partial charge is 0.338 e. The monoisotopic (exact) mass is 474 g/mol. The minimum Gasteiger partial charge on any atom is -0.338 e. The maximum atomic E-state index is 13.5. The standard InChI is InChI=1S/C26H30N6O3/c1-30-12-14-31(15-13-30)18-24-27-25(29-35-24)23-16-22(28-34-2)17-32(23)26(33)21-10-8-20(9-11-21)19-6-4-3-5-7-19/h3-11,17,23,28H,12-16,18H2,1-2H3/t23-/m0/s1. The molecule has 5 rings (SSSR count). The maximum absolute atomic E-state index is 13.5. The third kappa shape index (κ3) is 5.27. The first-order chi connectivity index (χ1) is 17.1. The van der Waals surface area contributed by atoms with Crippen molar-refractivity contribution in [1.29, 1.82) is 0 Å².